The van der Waals surface area contributed by atoms with E-state index >= 15 is 0 Å². The molecule has 0 aliphatic heterocycles. The fraction of sp³-hybridized carbons (Fsp3) is 0.438. The van der Waals surface area contributed by atoms with Gasteiger partial charge in [0, 0.05) is 12.5 Å². The van der Waals surface area contributed by atoms with E-state index in [2.05, 4.69) is 10.1 Å². The predicted octanol–water partition coefficient (Wildman–Crippen LogP) is 2.65. The Kier molecular flexibility index (Phi) is 4.73. The van der Waals surface area contributed by atoms with Gasteiger partial charge in [-0.05, 0) is 32.8 Å². The third-order valence-corrected chi connectivity index (χ3v) is 3.48. The molecule has 112 valence electrons. The number of carboxylic acids is 1. The van der Waals surface area contributed by atoms with Crippen LogP contribution in [0.4, 0.5) is 0 Å². The Hall–Kier alpha value is -2.17. The van der Waals surface area contributed by atoms with Crippen molar-refractivity contribution in [3.05, 3.63) is 47.5 Å². The number of aliphatic carboxylic acids is 1. The summed E-state index contributed by atoms with van der Waals surface area (Å²) < 4.78 is 1.78. The third kappa shape index (κ3) is 3.90. The van der Waals surface area contributed by atoms with Gasteiger partial charge in [-0.2, -0.15) is 5.10 Å². The Bertz CT molecular complexity index is 619. The van der Waals surface area contributed by atoms with Gasteiger partial charge < -0.3 is 5.11 Å². The van der Waals surface area contributed by atoms with Gasteiger partial charge >= 0.3 is 5.97 Å². The average Bonchev–Trinajstić information content (AvgIpc) is 2.86. The summed E-state index contributed by atoms with van der Waals surface area (Å²) >= 11 is 0. The van der Waals surface area contributed by atoms with Crippen LogP contribution in [0.25, 0.3) is 0 Å². The van der Waals surface area contributed by atoms with E-state index in [0.29, 0.717) is 12.8 Å². The van der Waals surface area contributed by atoms with Crippen LogP contribution in [0.5, 0.6) is 0 Å². The average molecular weight is 287 g/mol. The van der Waals surface area contributed by atoms with Gasteiger partial charge in [0.1, 0.15) is 12.2 Å². The molecule has 1 aromatic carbocycles. The summed E-state index contributed by atoms with van der Waals surface area (Å²) in [7, 11) is 0. The molecular formula is C16H21N3O2. The largest absolute Gasteiger partial charge is 0.481 e. The number of rotatable bonds is 6. The van der Waals surface area contributed by atoms with Gasteiger partial charge in [-0.3, -0.25) is 4.79 Å². The summed E-state index contributed by atoms with van der Waals surface area (Å²) in [5.74, 6) is -0.562. The summed E-state index contributed by atoms with van der Waals surface area (Å²) in [5, 5.41) is 13.6. The minimum absolute atomic E-state index is 0.177. The number of hydrogen-bond acceptors (Lipinski definition) is 3. The van der Waals surface area contributed by atoms with E-state index < -0.39 is 11.9 Å². The van der Waals surface area contributed by atoms with E-state index in [9.17, 15) is 9.90 Å². The highest BCUT2D eigenvalue weighted by Crippen LogP contribution is 2.17. The third-order valence-electron chi connectivity index (χ3n) is 3.48. The van der Waals surface area contributed by atoms with Gasteiger partial charge in [0.25, 0.3) is 0 Å². The van der Waals surface area contributed by atoms with Crippen LogP contribution < -0.4 is 0 Å². The molecule has 1 heterocycles. The summed E-state index contributed by atoms with van der Waals surface area (Å²) in [6, 6.07) is 8.14. The lowest BCUT2D eigenvalue weighted by Gasteiger charge is -2.14. The Morgan fingerprint density at radius 1 is 1.33 bits per heavy atom. The first-order valence-electron chi connectivity index (χ1n) is 7.14. The molecule has 5 nitrogen and oxygen atoms in total. The number of carboxylic acid groups (broad SMARTS) is 1. The number of carbonyl (C=O) groups is 1. The fourth-order valence-corrected chi connectivity index (χ4v) is 2.44. The van der Waals surface area contributed by atoms with Crippen molar-refractivity contribution in [3.63, 3.8) is 0 Å². The van der Waals surface area contributed by atoms with Crippen LogP contribution in [0, 0.1) is 12.8 Å². The molecule has 1 unspecified atom stereocenters. The first-order valence-corrected chi connectivity index (χ1v) is 7.14. The molecule has 0 bridgehead atoms. The smallest absolute Gasteiger partial charge is 0.307 e. The highest BCUT2D eigenvalue weighted by Gasteiger charge is 2.22. The predicted molar refractivity (Wildman–Crippen MR) is 80.1 cm³/mol. The molecule has 21 heavy (non-hydrogen) atoms. The highest BCUT2D eigenvalue weighted by atomic mass is 16.4. The molecule has 0 radical (unpaired) electrons. The number of benzene rings is 1. The minimum atomic E-state index is -0.796. The van der Waals surface area contributed by atoms with Crippen LogP contribution in [-0.4, -0.2) is 25.8 Å². The van der Waals surface area contributed by atoms with Crippen LogP contribution in [0.15, 0.2) is 30.6 Å². The van der Waals surface area contributed by atoms with Crippen molar-refractivity contribution in [3.8, 4) is 0 Å². The molecule has 5 heteroatoms. The zero-order chi connectivity index (χ0) is 15.4. The van der Waals surface area contributed by atoms with Gasteiger partial charge in [0.05, 0.1) is 5.92 Å². The normalized spacial score (nSPS) is 12.6. The molecule has 0 aliphatic rings. The molecule has 0 saturated heterocycles. The van der Waals surface area contributed by atoms with Crippen molar-refractivity contribution >= 4 is 5.97 Å². The quantitative estimate of drug-likeness (QED) is 0.887. The van der Waals surface area contributed by atoms with E-state index in [4.69, 9.17) is 0 Å². The first kappa shape index (κ1) is 15.2. The molecular weight excluding hydrogens is 266 g/mol. The SMILES string of the molecule is Cc1cccc(CC(Cc2ncnn2C(C)C)C(=O)O)c1. The van der Waals surface area contributed by atoms with Crippen LogP contribution in [0.3, 0.4) is 0 Å². The van der Waals surface area contributed by atoms with Crippen molar-refractivity contribution in [2.24, 2.45) is 5.92 Å². The second kappa shape index (κ2) is 6.52. The van der Waals surface area contributed by atoms with E-state index in [1.807, 2.05) is 45.0 Å². The maximum absolute atomic E-state index is 11.5. The van der Waals surface area contributed by atoms with Gasteiger partial charge in [-0.25, -0.2) is 9.67 Å². The monoisotopic (exact) mass is 287 g/mol. The standard InChI is InChI=1S/C16H21N3O2/c1-11(2)19-15(17-10-18-19)9-14(16(20)21)8-13-6-4-5-12(3)7-13/h4-7,10-11,14H,8-9H2,1-3H3,(H,20,21). The van der Waals surface area contributed by atoms with Gasteiger partial charge in [-0.15, -0.1) is 0 Å². The zero-order valence-corrected chi connectivity index (χ0v) is 12.7. The Morgan fingerprint density at radius 2 is 2.10 bits per heavy atom. The van der Waals surface area contributed by atoms with Crippen molar-refractivity contribution in [2.45, 2.75) is 39.7 Å². The van der Waals surface area contributed by atoms with Crippen molar-refractivity contribution in [1.29, 1.82) is 0 Å². The van der Waals surface area contributed by atoms with Crippen molar-refractivity contribution in [1.82, 2.24) is 14.8 Å². The second-order valence-electron chi connectivity index (χ2n) is 5.65. The molecule has 0 amide bonds. The van der Waals surface area contributed by atoms with Crippen molar-refractivity contribution in [2.75, 3.05) is 0 Å². The molecule has 1 N–H and O–H groups in total. The first-order chi connectivity index (χ1) is 9.97. The molecule has 0 spiro atoms. The number of nitrogens with zero attached hydrogens (tertiary/aromatic N) is 3. The fourth-order valence-electron chi connectivity index (χ4n) is 2.44. The molecule has 2 rings (SSSR count). The summed E-state index contributed by atoms with van der Waals surface area (Å²) in [5.41, 5.74) is 2.18. The summed E-state index contributed by atoms with van der Waals surface area (Å²) in [6.07, 6.45) is 2.38. The molecule has 0 fully saturated rings. The lowest BCUT2D eigenvalue weighted by Crippen LogP contribution is -2.22. The van der Waals surface area contributed by atoms with Gasteiger partial charge in [0.2, 0.25) is 0 Å². The molecule has 0 aliphatic carbocycles. The maximum atomic E-state index is 11.5. The number of aromatic nitrogens is 3. The number of aryl methyl sites for hydroxylation is 1. The van der Waals surface area contributed by atoms with E-state index in [1.165, 1.54) is 6.33 Å². The molecule has 0 saturated carbocycles. The van der Waals surface area contributed by atoms with Crippen molar-refractivity contribution < 1.29 is 9.90 Å². The summed E-state index contributed by atoms with van der Waals surface area (Å²) in [4.78, 5) is 15.7. The van der Waals surface area contributed by atoms with Gasteiger partial charge in [0.15, 0.2) is 0 Å². The van der Waals surface area contributed by atoms with Crippen LogP contribution in [0.2, 0.25) is 0 Å². The Labute approximate surface area is 124 Å². The topological polar surface area (TPSA) is 68.0 Å². The second-order valence-corrected chi connectivity index (χ2v) is 5.65. The summed E-state index contributed by atoms with van der Waals surface area (Å²) in [6.45, 7) is 6.03. The van der Waals surface area contributed by atoms with E-state index in [1.54, 1.807) is 4.68 Å². The van der Waals surface area contributed by atoms with Gasteiger partial charge in [-0.1, -0.05) is 29.8 Å². The molecule has 2 aromatic rings. The zero-order valence-electron chi connectivity index (χ0n) is 12.7. The van der Waals surface area contributed by atoms with Crippen LogP contribution >= 0.6 is 0 Å². The number of hydrogen-bond donors (Lipinski definition) is 1. The lowest BCUT2D eigenvalue weighted by atomic mass is 9.95. The van der Waals surface area contributed by atoms with Crippen LogP contribution in [-0.2, 0) is 17.6 Å². The highest BCUT2D eigenvalue weighted by molar-refractivity contribution is 5.70. The minimum Gasteiger partial charge on any atom is -0.481 e. The van der Waals surface area contributed by atoms with E-state index in [-0.39, 0.29) is 6.04 Å². The molecule has 1 aromatic heterocycles. The van der Waals surface area contributed by atoms with E-state index in [0.717, 1.165) is 17.0 Å². The maximum Gasteiger partial charge on any atom is 0.307 e. The molecule has 1 atom stereocenters. The lowest BCUT2D eigenvalue weighted by molar-refractivity contribution is -0.141. The Balaban J connectivity index is 2.16. The van der Waals surface area contributed by atoms with Crippen LogP contribution in [0.1, 0.15) is 36.8 Å². The Morgan fingerprint density at radius 3 is 2.71 bits per heavy atom.